The largest absolute Gasteiger partial charge is 0.376 e. The van der Waals surface area contributed by atoms with Gasteiger partial charge in [0.25, 0.3) is 0 Å². The summed E-state index contributed by atoms with van der Waals surface area (Å²) in [5.41, 5.74) is 2.16. The Bertz CT molecular complexity index is 818. The maximum Gasteiger partial charge on any atom is 0.227 e. The van der Waals surface area contributed by atoms with Gasteiger partial charge in [-0.05, 0) is 31.7 Å². The van der Waals surface area contributed by atoms with E-state index in [9.17, 15) is 0 Å². The van der Waals surface area contributed by atoms with Crippen LogP contribution in [0.4, 0.5) is 5.95 Å². The molecule has 1 atom stereocenters. The SMILES string of the molecule is CCc1sc2nc(NC[C@H]3CCCO3)n3ncnc3c2c1C. The zero-order valence-corrected chi connectivity index (χ0v) is 13.6. The molecule has 7 heteroatoms. The number of ether oxygens (including phenoxy) is 1. The first-order valence-electron chi connectivity index (χ1n) is 7.75. The number of nitrogens with zero attached hydrogens (tertiary/aromatic N) is 4. The molecule has 0 radical (unpaired) electrons. The molecule has 1 fully saturated rings. The van der Waals surface area contributed by atoms with Crippen molar-refractivity contribution >= 4 is 33.1 Å². The molecule has 0 bridgehead atoms. The second kappa shape index (κ2) is 5.48. The zero-order chi connectivity index (χ0) is 15.1. The molecule has 1 aliphatic heterocycles. The summed E-state index contributed by atoms with van der Waals surface area (Å²) in [6.45, 7) is 5.95. The average molecular weight is 317 g/mol. The van der Waals surface area contributed by atoms with E-state index >= 15 is 0 Å². The highest BCUT2D eigenvalue weighted by molar-refractivity contribution is 7.19. The van der Waals surface area contributed by atoms with E-state index in [1.165, 1.54) is 10.4 Å². The van der Waals surface area contributed by atoms with Gasteiger partial charge in [0, 0.05) is 18.0 Å². The van der Waals surface area contributed by atoms with Gasteiger partial charge in [-0.3, -0.25) is 0 Å². The Morgan fingerprint density at radius 3 is 3.18 bits per heavy atom. The quantitative estimate of drug-likeness (QED) is 0.801. The van der Waals surface area contributed by atoms with Gasteiger partial charge in [0.05, 0.1) is 11.5 Å². The molecule has 1 N–H and O–H groups in total. The van der Waals surface area contributed by atoms with Crippen LogP contribution < -0.4 is 5.32 Å². The first kappa shape index (κ1) is 13.9. The lowest BCUT2D eigenvalue weighted by Gasteiger charge is -2.12. The molecule has 3 aromatic heterocycles. The summed E-state index contributed by atoms with van der Waals surface area (Å²) in [5.74, 6) is 0.749. The Labute approximate surface area is 132 Å². The van der Waals surface area contributed by atoms with E-state index in [1.54, 1.807) is 22.2 Å². The smallest absolute Gasteiger partial charge is 0.227 e. The second-order valence-electron chi connectivity index (χ2n) is 5.63. The Hall–Kier alpha value is -1.73. The molecule has 1 aliphatic rings. The van der Waals surface area contributed by atoms with Crippen molar-refractivity contribution in [2.24, 2.45) is 0 Å². The average Bonchev–Trinajstić information content (AvgIpc) is 3.24. The van der Waals surface area contributed by atoms with Crippen molar-refractivity contribution in [2.75, 3.05) is 18.5 Å². The Kier molecular flexibility index (Phi) is 3.46. The third-order valence-corrected chi connectivity index (χ3v) is 5.57. The highest BCUT2D eigenvalue weighted by atomic mass is 32.1. The van der Waals surface area contributed by atoms with Crippen molar-refractivity contribution in [3.8, 4) is 0 Å². The fourth-order valence-corrected chi connectivity index (χ4v) is 4.17. The third-order valence-electron chi connectivity index (χ3n) is 4.24. The molecular formula is C15H19N5OS. The summed E-state index contributed by atoms with van der Waals surface area (Å²) < 4.78 is 7.47. The van der Waals surface area contributed by atoms with Crippen LogP contribution in [0.2, 0.25) is 0 Å². The van der Waals surface area contributed by atoms with Crippen LogP contribution in [-0.2, 0) is 11.2 Å². The molecule has 116 valence electrons. The van der Waals surface area contributed by atoms with E-state index in [2.05, 4.69) is 29.2 Å². The fraction of sp³-hybridized carbons (Fsp3) is 0.533. The first-order chi connectivity index (χ1) is 10.8. The fourth-order valence-electron chi connectivity index (χ4n) is 3.06. The molecule has 0 aliphatic carbocycles. The maximum absolute atomic E-state index is 5.66. The number of anilines is 1. The number of fused-ring (bicyclic) bond motifs is 3. The molecule has 4 rings (SSSR count). The normalized spacial score (nSPS) is 18.5. The van der Waals surface area contributed by atoms with Crippen LogP contribution in [-0.4, -0.2) is 38.8 Å². The summed E-state index contributed by atoms with van der Waals surface area (Å²) >= 11 is 1.75. The van der Waals surface area contributed by atoms with Gasteiger partial charge in [-0.15, -0.1) is 11.3 Å². The summed E-state index contributed by atoms with van der Waals surface area (Å²) in [7, 11) is 0. The van der Waals surface area contributed by atoms with Gasteiger partial charge in [0.15, 0.2) is 5.65 Å². The molecule has 22 heavy (non-hydrogen) atoms. The Morgan fingerprint density at radius 1 is 1.50 bits per heavy atom. The van der Waals surface area contributed by atoms with Gasteiger partial charge in [0.2, 0.25) is 5.95 Å². The predicted molar refractivity (Wildman–Crippen MR) is 87.7 cm³/mol. The van der Waals surface area contributed by atoms with E-state index in [-0.39, 0.29) is 6.10 Å². The van der Waals surface area contributed by atoms with Gasteiger partial charge in [-0.2, -0.15) is 9.61 Å². The minimum Gasteiger partial charge on any atom is -0.376 e. The topological polar surface area (TPSA) is 64.3 Å². The lowest BCUT2D eigenvalue weighted by atomic mass is 10.2. The Balaban J connectivity index is 1.77. The van der Waals surface area contributed by atoms with Gasteiger partial charge < -0.3 is 10.1 Å². The maximum atomic E-state index is 5.66. The van der Waals surface area contributed by atoms with E-state index in [4.69, 9.17) is 9.72 Å². The van der Waals surface area contributed by atoms with E-state index in [0.29, 0.717) is 0 Å². The summed E-state index contributed by atoms with van der Waals surface area (Å²) in [4.78, 5) is 11.6. The lowest BCUT2D eigenvalue weighted by molar-refractivity contribution is 0.120. The molecule has 4 heterocycles. The second-order valence-corrected chi connectivity index (χ2v) is 6.71. The number of nitrogens with one attached hydrogen (secondary N) is 1. The van der Waals surface area contributed by atoms with E-state index in [0.717, 1.165) is 54.2 Å². The van der Waals surface area contributed by atoms with Crippen molar-refractivity contribution in [3.63, 3.8) is 0 Å². The van der Waals surface area contributed by atoms with Crippen LogP contribution in [0, 0.1) is 6.92 Å². The van der Waals surface area contributed by atoms with Gasteiger partial charge >= 0.3 is 0 Å². The first-order valence-corrected chi connectivity index (χ1v) is 8.56. The van der Waals surface area contributed by atoms with Crippen LogP contribution in [0.1, 0.15) is 30.2 Å². The highest BCUT2D eigenvalue weighted by Gasteiger charge is 2.19. The summed E-state index contributed by atoms with van der Waals surface area (Å²) in [6, 6.07) is 0. The minimum absolute atomic E-state index is 0.271. The molecule has 0 unspecified atom stereocenters. The summed E-state index contributed by atoms with van der Waals surface area (Å²) in [5, 5.41) is 8.85. The van der Waals surface area contributed by atoms with Crippen LogP contribution in [0.25, 0.3) is 15.9 Å². The van der Waals surface area contributed by atoms with Crippen molar-refractivity contribution in [1.29, 1.82) is 0 Å². The monoisotopic (exact) mass is 317 g/mol. The number of hydrogen-bond donors (Lipinski definition) is 1. The minimum atomic E-state index is 0.271. The van der Waals surface area contributed by atoms with E-state index in [1.807, 2.05) is 0 Å². The number of aromatic nitrogens is 4. The van der Waals surface area contributed by atoms with Crippen LogP contribution in [0.5, 0.6) is 0 Å². The van der Waals surface area contributed by atoms with Gasteiger partial charge in [-0.25, -0.2) is 9.97 Å². The number of hydrogen-bond acceptors (Lipinski definition) is 6. The third kappa shape index (κ3) is 2.16. The predicted octanol–water partition coefficient (Wildman–Crippen LogP) is 2.80. The lowest BCUT2D eigenvalue weighted by Crippen LogP contribution is -2.20. The van der Waals surface area contributed by atoms with Gasteiger partial charge in [-0.1, -0.05) is 6.92 Å². The summed E-state index contributed by atoms with van der Waals surface area (Å²) in [6.07, 6.45) is 5.13. The molecule has 0 saturated carbocycles. The molecule has 0 spiro atoms. The molecule has 6 nitrogen and oxygen atoms in total. The van der Waals surface area contributed by atoms with E-state index < -0.39 is 0 Å². The van der Waals surface area contributed by atoms with Crippen LogP contribution in [0.3, 0.4) is 0 Å². The van der Waals surface area contributed by atoms with Crippen molar-refractivity contribution in [2.45, 2.75) is 39.2 Å². The number of rotatable bonds is 4. The molecular weight excluding hydrogens is 298 g/mol. The number of aryl methyl sites for hydroxylation is 2. The number of thiophene rings is 1. The molecule has 1 saturated heterocycles. The van der Waals surface area contributed by atoms with Crippen LogP contribution >= 0.6 is 11.3 Å². The Morgan fingerprint density at radius 2 is 2.41 bits per heavy atom. The van der Waals surface area contributed by atoms with Crippen LogP contribution in [0.15, 0.2) is 6.33 Å². The molecule has 0 amide bonds. The zero-order valence-electron chi connectivity index (χ0n) is 12.8. The van der Waals surface area contributed by atoms with Crippen molar-refractivity contribution in [1.82, 2.24) is 19.6 Å². The highest BCUT2D eigenvalue weighted by Crippen LogP contribution is 2.33. The standard InChI is InChI=1S/C15H19N5OS/c1-3-11-9(2)12-13-17-8-18-20(13)15(19-14(12)22-11)16-7-10-5-4-6-21-10/h8,10H,3-7H2,1-2H3,(H,16,19)/t10-/m1/s1. The van der Waals surface area contributed by atoms with Crippen molar-refractivity contribution in [3.05, 3.63) is 16.8 Å². The van der Waals surface area contributed by atoms with Crippen molar-refractivity contribution < 1.29 is 4.74 Å². The van der Waals surface area contributed by atoms with Gasteiger partial charge in [0.1, 0.15) is 11.2 Å². The molecule has 3 aromatic rings. The molecule has 0 aromatic carbocycles.